The van der Waals surface area contributed by atoms with Crippen LogP contribution >= 0.6 is 0 Å². The molecule has 0 aromatic heterocycles. The number of para-hydroxylation sites is 1. The number of imide groups is 1. The predicted octanol–water partition coefficient (Wildman–Crippen LogP) is 4.40. The SMILES string of the molecule is COc1cc(N2C(=O)C3=Cc4ccccc4N4CCc5ccccc5C4C3C2=O)cc(OC)c1OC. The highest BCUT2D eigenvalue weighted by molar-refractivity contribution is 6.31. The molecule has 6 rings (SSSR count). The maximum atomic E-state index is 14.2. The minimum absolute atomic E-state index is 0.264. The first kappa shape index (κ1) is 22.2. The lowest BCUT2D eigenvalue weighted by atomic mass is 9.82. The minimum atomic E-state index is -0.648. The van der Waals surface area contributed by atoms with E-state index in [1.54, 1.807) is 12.1 Å². The van der Waals surface area contributed by atoms with Crippen LogP contribution in [0.3, 0.4) is 0 Å². The molecular weight excluding hydrogens is 456 g/mol. The van der Waals surface area contributed by atoms with Gasteiger partial charge in [0.05, 0.1) is 39.0 Å². The van der Waals surface area contributed by atoms with Crippen LogP contribution in [0, 0.1) is 5.92 Å². The van der Waals surface area contributed by atoms with E-state index in [9.17, 15) is 9.59 Å². The summed E-state index contributed by atoms with van der Waals surface area (Å²) in [5.74, 6) is -0.0888. The van der Waals surface area contributed by atoms with Crippen LogP contribution in [0.4, 0.5) is 11.4 Å². The maximum Gasteiger partial charge on any atom is 0.261 e. The molecule has 0 saturated carbocycles. The van der Waals surface area contributed by atoms with E-state index in [1.165, 1.54) is 31.8 Å². The van der Waals surface area contributed by atoms with Gasteiger partial charge in [-0.05, 0) is 35.3 Å². The zero-order valence-electron chi connectivity index (χ0n) is 20.4. The van der Waals surface area contributed by atoms with Crippen molar-refractivity contribution in [3.8, 4) is 17.2 Å². The summed E-state index contributed by atoms with van der Waals surface area (Å²) in [4.78, 5) is 31.7. The van der Waals surface area contributed by atoms with Gasteiger partial charge in [-0.25, -0.2) is 4.90 Å². The van der Waals surface area contributed by atoms with E-state index >= 15 is 0 Å². The molecule has 1 saturated heterocycles. The lowest BCUT2D eigenvalue weighted by Crippen LogP contribution is -2.42. The van der Waals surface area contributed by atoms with Crippen molar-refractivity contribution in [1.29, 1.82) is 0 Å². The van der Waals surface area contributed by atoms with Gasteiger partial charge in [-0.3, -0.25) is 9.59 Å². The van der Waals surface area contributed by atoms with E-state index < -0.39 is 5.92 Å². The molecular formula is C29H26N2O5. The fraction of sp³-hybridized carbons (Fsp3) is 0.241. The first-order valence-electron chi connectivity index (χ1n) is 11.9. The number of hydrogen-bond acceptors (Lipinski definition) is 6. The number of fused-ring (bicyclic) bond motifs is 7. The van der Waals surface area contributed by atoms with Gasteiger partial charge in [-0.1, -0.05) is 42.5 Å². The number of benzene rings is 3. The highest BCUT2D eigenvalue weighted by atomic mass is 16.5. The monoisotopic (exact) mass is 482 g/mol. The van der Waals surface area contributed by atoms with Gasteiger partial charge < -0.3 is 19.1 Å². The second-order valence-electron chi connectivity index (χ2n) is 9.09. The van der Waals surface area contributed by atoms with Gasteiger partial charge in [0.25, 0.3) is 5.91 Å². The summed E-state index contributed by atoms with van der Waals surface area (Å²) in [6.45, 7) is 0.766. The minimum Gasteiger partial charge on any atom is -0.493 e. The van der Waals surface area contributed by atoms with E-state index in [0.717, 1.165) is 29.8 Å². The second kappa shape index (κ2) is 8.45. The molecule has 2 amide bonds. The molecule has 182 valence electrons. The van der Waals surface area contributed by atoms with E-state index in [0.29, 0.717) is 28.5 Å². The van der Waals surface area contributed by atoms with E-state index in [-0.39, 0.29) is 17.9 Å². The second-order valence-corrected chi connectivity index (χ2v) is 9.09. The van der Waals surface area contributed by atoms with Gasteiger partial charge in [-0.15, -0.1) is 0 Å². The molecule has 0 bridgehead atoms. The number of carbonyl (C=O) groups excluding carboxylic acids is 2. The largest absolute Gasteiger partial charge is 0.493 e. The Morgan fingerprint density at radius 1 is 0.861 bits per heavy atom. The van der Waals surface area contributed by atoms with Gasteiger partial charge in [0, 0.05) is 29.9 Å². The van der Waals surface area contributed by atoms with Crippen molar-refractivity contribution >= 4 is 29.3 Å². The summed E-state index contributed by atoms with van der Waals surface area (Å²) >= 11 is 0. The van der Waals surface area contributed by atoms with Crippen LogP contribution in [-0.4, -0.2) is 39.7 Å². The zero-order valence-corrected chi connectivity index (χ0v) is 20.4. The topological polar surface area (TPSA) is 68.3 Å². The maximum absolute atomic E-state index is 14.2. The van der Waals surface area contributed by atoms with Crippen LogP contribution in [0.15, 0.2) is 66.2 Å². The first-order valence-corrected chi connectivity index (χ1v) is 11.9. The standard InChI is InChI=1S/C29H26N2O5/c1-34-23-15-19(16-24(35-2)27(23)36-3)31-28(32)21-14-18-9-5-7-11-22(18)30-13-12-17-8-4-6-10-20(17)26(30)25(21)29(31)33/h4-11,14-16,25-26H,12-13H2,1-3H3. The van der Waals surface area contributed by atoms with Crippen LogP contribution in [0.2, 0.25) is 0 Å². The molecule has 36 heavy (non-hydrogen) atoms. The molecule has 3 heterocycles. The van der Waals surface area contributed by atoms with Crippen molar-refractivity contribution in [1.82, 2.24) is 0 Å². The third kappa shape index (κ3) is 3.12. The molecule has 0 N–H and O–H groups in total. The molecule has 3 aromatic carbocycles. The fourth-order valence-corrected chi connectivity index (χ4v) is 5.80. The summed E-state index contributed by atoms with van der Waals surface area (Å²) in [6.07, 6.45) is 2.76. The Morgan fingerprint density at radius 3 is 2.28 bits per heavy atom. The molecule has 3 aliphatic rings. The first-order chi connectivity index (χ1) is 17.6. The van der Waals surface area contributed by atoms with Gasteiger partial charge in [-0.2, -0.15) is 0 Å². The smallest absolute Gasteiger partial charge is 0.261 e. The highest BCUT2D eigenvalue weighted by Gasteiger charge is 2.52. The number of hydrogen-bond donors (Lipinski definition) is 0. The normalized spacial score (nSPS) is 20.0. The summed E-state index contributed by atoms with van der Waals surface area (Å²) in [6, 6.07) is 19.3. The Labute approximate surface area is 209 Å². The molecule has 3 aliphatic heterocycles. The number of carbonyl (C=O) groups is 2. The molecule has 7 nitrogen and oxygen atoms in total. The number of amides is 2. The van der Waals surface area contributed by atoms with Crippen molar-refractivity contribution in [2.75, 3.05) is 37.7 Å². The van der Waals surface area contributed by atoms with Crippen molar-refractivity contribution in [3.63, 3.8) is 0 Å². The van der Waals surface area contributed by atoms with E-state index in [1.807, 2.05) is 36.4 Å². The zero-order chi connectivity index (χ0) is 25.0. The van der Waals surface area contributed by atoms with Crippen LogP contribution < -0.4 is 24.0 Å². The molecule has 7 heteroatoms. The Morgan fingerprint density at radius 2 is 1.56 bits per heavy atom. The predicted molar refractivity (Wildman–Crippen MR) is 137 cm³/mol. The lowest BCUT2D eigenvalue weighted by molar-refractivity contribution is -0.122. The molecule has 0 radical (unpaired) electrons. The molecule has 2 atom stereocenters. The highest BCUT2D eigenvalue weighted by Crippen LogP contribution is 2.50. The Hall–Kier alpha value is -4.26. The fourth-order valence-electron chi connectivity index (χ4n) is 5.80. The van der Waals surface area contributed by atoms with Crippen LogP contribution in [-0.2, 0) is 16.0 Å². The summed E-state index contributed by atoms with van der Waals surface area (Å²) in [5, 5.41) is 0. The lowest BCUT2D eigenvalue weighted by Gasteiger charge is -2.41. The van der Waals surface area contributed by atoms with Crippen molar-refractivity contribution < 1.29 is 23.8 Å². The third-order valence-electron chi connectivity index (χ3n) is 7.38. The van der Waals surface area contributed by atoms with Gasteiger partial charge in [0.1, 0.15) is 0 Å². The quantitative estimate of drug-likeness (QED) is 0.514. The summed E-state index contributed by atoms with van der Waals surface area (Å²) in [7, 11) is 4.53. The number of ether oxygens (including phenoxy) is 3. The summed E-state index contributed by atoms with van der Waals surface area (Å²) < 4.78 is 16.4. The average Bonchev–Trinajstić information content (AvgIpc) is 3.06. The van der Waals surface area contributed by atoms with E-state index in [4.69, 9.17) is 14.2 Å². The van der Waals surface area contributed by atoms with Crippen molar-refractivity contribution in [2.24, 2.45) is 5.92 Å². The van der Waals surface area contributed by atoms with Gasteiger partial charge in [0.15, 0.2) is 11.5 Å². The molecule has 2 unspecified atom stereocenters. The van der Waals surface area contributed by atoms with Crippen LogP contribution in [0.1, 0.15) is 22.7 Å². The summed E-state index contributed by atoms with van der Waals surface area (Å²) in [5.41, 5.74) is 5.15. The van der Waals surface area contributed by atoms with Gasteiger partial charge in [0.2, 0.25) is 11.7 Å². The number of rotatable bonds is 4. The van der Waals surface area contributed by atoms with Gasteiger partial charge >= 0.3 is 0 Å². The molecule has 0 aliphatic carbocycles. The van der Waals surface area contributed by atoms with E-state index in [2.05, 4.69) is 23.1 Å². The number of nitrogens with zero attached hydrogens (tertiary/aromatic N) is 2. The molecule has 3 aromatic rings. The number of anilines is 2. The van der Waals surface area contributed by atoms with Crippen molar-refractivity contribution in [3.05, 3.63) is 82.9 Å². The number of methoxy groups -OCH3 is 3. The average molecular weight is 483 g/mol. The Bertz CT molecular complexity index is 1400. The Balaban J connectivity index is 1.55. The third-order valence-corrected chi connectivity index (χ3v) is 7.38. The van der Waals surface area contributed by atoms with Crippen molar-refractivity contribution in [2.45, 2.75) is 12.5 Å². The van der Waals surface area contributed by atoms with Crippen LogP contribution in [0.5, 0.6) is 17.2 Å². The molecule has 1 fully saturated rings. The molecule has 0 spiro atoms. The Kier molecular flexibility index (Phi) is 5.21. The van der Waals surface area contributed by atoms with Crippen LogP contribution in [0.25, 0.3) is 6.08 Å².